The van der Waals surface area contributed by atoms with Crippen LogP contribution in [-0.2, 0) is 14.4 Å². The summed E-state index contributed by atoms with van der Waals surface area (Å²) in [4.78, 5) is 40.2. The maximum absolute atomic E-state index is 14.9. The lowest BCUT2D eigenvalue weighted by molar-refractivity contribution is -0.166. The summed E-state index contributed by atoms with van der Waals surface area (Å²) in [6, 6.07) is 9.67. The van der Waals surface area contributed by atoms with E-state index in [0.717, 1.165) is 5.56 Å². The van der Waals surface area contributed by atoms with E-state index in [-0.39, 0.29) is 55.9 Å². The number of aliphatic hydroxyl groups is 5. The molecule has 1 aromatic carbocycles. The van der Waals surface area contributed by atoms with E-state index < -0.39 is 74.4 Å². The Hall–Kier alpha value is -3.37. The molecule has 2 saturated carbocycles. The Labute approximate surface area is 294 Å². The number of hydrogen-bond donors (Lipinski definition) is 6. The van der Waals surface area contributed by atoms with Crippen molar-refractivity contribution in [3.8, 4) is 0 Å². The van der Waals surface area contributed by atoms with Crippen LogP contribution in [0.15, 0.2) is 71.0 Å². The molecule has 50 heavy (non-hydrogen) atoms. The topological polar surface area (TPSA) is 173 Å². The number of allylic oxidation sites excluding steroid dienone is 1. The highest BCUT2D eigenvalue weighted by atomic mass is 16.4. The summed E-state index contributed by atoms with van der Waals surface area (Å²) in [5.41, 5.74) is -5.96. The molecule has 0 amide bonds. The number of rotatable bonds is 9. The molecule has 5 aliphatic carbocycles. The van der Waals surface area contributed by atoms with Gasteiger partial charge in [-0.2, -0.15) is 0 Å². The minimum atomic E-state index is -1.78. The lowest BCUT2D eigenvalue weighted by Crippen LogP contribution is -2.70. The minimum absolute atomic E-state index is 0.0142. The number of benzene rings is 1. The molecule has 270 valence electrons. The van der Waals surface area contributed by atoms with Crippen LogP contribution in [0.25, 0.3) is 6.08 Å². The van der Waals surface area contributed by atoms with Gasteiger partial charge in [0.25, 0.3) is 0 Å². The highest BCUT2D eigenvalue weighted by Gasteiger charge is 2.79. The Bertz CT molecular complexity index is 1740. The molecule has 5 aliphatic rings. The summed E-state index contributed by atoms with van der Waals surface area (Å²) in [6.07, 6.45) is 6.58. The number of carbonyl (C=O) groups excluding carboxylic acids is 2. The van der Waals surface area contributed by atoms with E-state index in [0.29, 0.717) is 17.6 Å². The third-order valence-electron chi connectivity index (χ3n) is 14.1. The van der Waals surface area contributed by atoms with Crippen molar-refractivity contribution < 1.29 is 45.0 Å². The normalized spacial score (nSPS) is 40.3. The molecular formula is C41H52O9. The molecule has 0 spiro atoms. The lowest BCUT2D eigenvalue weighted by Gasteiger charge is -2.68. The quantitative estimate of drug-likeness (QED) is 0.114. The van der Waals surface area contributed by atoms with Gasteiger partial charge in [0.15, 0.2) is 5.78 Å². The van der Waals surface area contributed by atoms with Gasteiger partial charge >= 0.3 is 5.97 Å². The fourth-order valence-electron chi connectivity index (χ4n) is 11.9. The molecule has 0 unspecified atom stereocenters. The highest BCUT2D eigenvalue weighted by molar-refractivity contribution is 6.02. The molecule has 0 aromatic heterocycles. The van der Waals surface area contributed by atoms with E-state index >= 15 is 0 Å². The van der Waals surface area contributed by atoms with Crippen LogP contribution in [0.4, 0.5) is 0 Å². The lowest BCUT2D eigenvalue weighted by atomic mass is 9.35. The average Bonchev–Trinajstić information content (AvgIpc) is 3.25. The molecule has 9 heteroatoms. The van der Waals surface area contributed by atoms with Crippen LogP contribution in [0.3, 0.4) is 0 Å². The van der Waals surface area contributed by atoms with Gasteiger partial charge in [-0.15, -0.1) is 0 Å². The van der Waals surface area contributed by atoms with Crippen LogP contribution in [-0.4, -0.2) is 72.1 Å². The number of aliphatic carboxylic acids is 1. The molecule has 0 saturated heterocycles. The van der Waals surface area contributed by atoms with Crippen LogP contribution in [0, 0.1) is 45.3 Å². The summed E-state index contributed by atoms with van der Waals surface area (Å²) in [5.74, 6) is -4.06. The number of aliphatic hydroxyl groups excluding tert-OH is 3. The van der Waals surface area contributed by atoms with E-state index in [2.05, 4.69) is 0 Å². The first-order chi connectivity index (χ1) is 23.3. The smallest absolute Gasteiger partial charge is 0.334 e. The second-order valence-electron chi connectivity index (χ2n) is 16.9. The van der Waals surface area contributed by atoms with Crippen LogP contribution < -0.4 is 0 Å². The SMILES string of the molecule is C/C(C(=O)O)=C(/O)[C@@H](O)C[C@@H](C)[C@H]1C[C@@]2(O)C=C[C@]3(O)C4=C(C(=O)C[C@@]1(C)[C@]42CCO)[C@@]1(C)CCC(=O)C(C)(C)[C@H]1[C@@H]3/C=C/c1ccccc1. The number of fused-ring (bicyclic) bond motifs is 2. The van der Waals surface area contributed by atoms with Crippen molar-refractivity contribution in [1.29, 1.82) is 0 Å². The summed E-state index contributed by atoms with van der Waals surface area (Å²) in [5, 5.41) is 68.1. The number of carboxylic acids is 1. The second-order valence-corrected chi connectivity index (χ2v) is 16.9. The fraction of sp³-hybridized carbons (Fsp3) is 0.585. The van der Waals surface area contributed by atoms with Crippen molar-refractivity contribution >= 4 is 23.6 Å². The summed E-state index contributed by atoms with van der Waals surface area (Å²) < 4.78 is 0. The first kappa shape index (κ1) is 36.4. The van der Waals surface area contributed by atoms with Crippen LogP contribution >= 0.6 is 0 Å². The van der Waals surface area contributed by atoms with Gasteiger partial charge < -0.3 is 30.6 Å². The Morgan fingerprint density at radius 3 is 2.32 bits per heavy atom. The van der Waals surface area contributed by atoms with Crippen molar-refractivity contribution in [1.82, 2.24) is 0 Å². The predicted octanol–water partition coefficient (Wildman–Crippen LogP) is 5.34. The Morgan fingerprint density at radius 1 is 1.04 bits per heavy atom. The van der Waals surface area contributed by atoms with Crippen molar-refractivity contribution in [3.63, 3.8) is 0 Å². The molecule has 0 radical (unpaired) electrons. The molecule has 0 heterocycles. The zero-order valence-corrected chi connectivity index (χ0v) is 29.9. The first-order valence-electron chi connectivity index (χ1n) is 17.9. The Morgan fingerprint density at radius 2 is 1.70 bits per heavy atom. The zero-order chi connectivity index (χ0) is 36.8. The van der Waals surface area contributed by atoms with E-state index in [1.807, 2.05) is 77.1 Å². The maximum atomic E-state index is 14.9. The molecule has 9 nitrogen and oxygen atoms in total. The molecule has 6 N–H and O–H groups in total. The summed E-state index contributed by atoms with van der Waals surface area (Å²) in [6.45, 7) is 10.5. The van der Waals surface area contributed by atoms with E-state index in [4.69, 9.17) is 0 Å². The van der Waals surface area contributed by atoms with Crippen LogP contribution in [0.5, 0.6) is 0 Å². The minimum Gasteiger partial charge on any atom is -0.509 e. The maximum Gasteiger partial charge on any atom is 0.334 e. The molecule has 1 aromatic rings. The Kier molecular flexibility index (Phi) is 8.62. The van der Waals surface area contributed by atoms with Gasteiger partial charge in [0, 0.05) is 47.2 Å². The van der Waals surface area contributed by atoms with Gasteiger partial charge in [0.2, 0.25) is 0 Å². The summed E-state index contributed by atoms with van der Waals surface area (Å²) >= 11 is 0. The average molecular weight is 689 g/mol. The second kappa shape index (κ2) is 11.8. The molecule has 0 aliphatic heterocycles. The van der Waals surface area contributed by atoms with Gasteiger partial charge in [0.05, 0.1) is 11.2 Å². The molecule has 0 bridgehead atoms. The monoisotopic (exact) mass is 688 g/mol. The van der Waals surface area contributed by atoms with Gasteiger partial charge in [-0.25, -0.2) is 4.79 Å². The number of hydrogen-bond acceptors (Lipinski definition) is 8. The third-order valence-corrected chi connectivity index (χ3v) is 14.1. The molecular weight excluding hydrogens is 636 g/mol. The van der Waals surface area contributed by atoms with Crippen LogP contribution in [0.2, 0.25) is 0 Å². The van der Waals surface area contributed by atoms with Crippen molar-refractivity contribution in [2.24, 2.45) is 45.3 Å². The fourth-order valence-corrected chi connectivity index (χ4v) is 11.9. The third kappa shape index (κ3) is 4.69. The number of Topliss-reactive ketones (excluding diaryl/α,β-unsaturated/α-hetero) is 2. The van der Waals surface area contributed by atoms with Gasteiger partial charge in [-0.05, 0) is 73.0 Å². The standard InChI is InChI=1S/C41H52O9/c1-23(20-28(43)32(46)24(2)35(47)48)27-21-39(49)16-17-40(50)26(13-12-25-10-8-7-9-11-25)33-36(3,4)30(45)14-15-37(33,5)31-29(44)22-38(27,6)41(39,18-19-42)34(31)40/h7-13,16-17,23,26-28,33,42-43,46,49-50H,14-15,18-22H2,1-6H3,(H,47,48)/b13-12+,32-24-/t23-,26+,27-,28+,33-,37-,38-,39+,40-,41+/m1/s1. The van der Waals surface area contributed by atoms with E-state index in [1.165, 1.54) is 6.92 Å². The molecule has 10 atom stereocenters. The zero-order valence-electron chi connectivity index (χ0n) is 29.9. The van der Waals surface area contributed by atoms with Gasteiger partial charge in [0.1, 0.15) is 23.2 Å². The first-order valence-corrected chi connectivity index (χ1v) is 17.9. The Balaban J connectivity index is 1.59. The van der Waals surface area contributed by atoms with Crippen molar-refractivity contribution in [2.75, 3.05) is 6.61 Å². The van der Waals surface area contributed by atoms with E-state index in [1.54, 1.807) is 12.2 Å². The summed E-state index contributed by atoms with van der Waals surface area (Å²) in [7, 11) is 0. The molecule has 6 rings (SSSR count). The number of carboxylic acid groups (broad SMARTS) is 1. The number of carbonyl (C=O) groups is 3. The predicted molar refractivity (Wildman–Crippen MR) is 187 cm³/mol. The largest absolute Gasteiger partial charge is 0.509 e. The number of ketones is 2. The molecule has 2 fully saturated rings. The van der Waals surface area contributed by atoms with Crippen LogP contribution in [0.1, 0.15) is 85.6 Å². The van der Waals surface area contributed by atoms with Gasteiger partial charge in [-0.1, -0.05) is 83.2 Å². The van der Waals surface area contributed by atoms with E-state index in [9.17, 15) is 45.0 Å². The van der Waals surface area contributed by atoms with Gasteiger partial charge in [-0.3, -0.25) is 9.59 Å². The highest BCUT2D eigenvalue weighted by Crippen LogP contribution is 2.79. The van der Waals surface area contributed by atoms with Crippen molar-refractivity contribution in [3.05, 3.63) is 76.6 Å². The van der Waals surface area contributed by atoms with Crippen molar-refractivity contribution in [2.45, 2.75) is 97.4 Å².